The molecule has 0 saturated carbocycles. The van der Waals surface area contributed by atoms with Crippen LogP contribution in [-0.2, 0) is 11.2 Å². The summed E-state index contributed by atoms with van der Waals surface area (Å²) in [6.45, 7) is 2.11. The standard InChI is InChI=1S/C9H11N2O.Rb/c1-2-3-8-4-5-10-9(6-8)11-7-12;/h4-6H,2-3H2,1H3,(H,10,11,12);/q-1;+1. The minimum absolute atomic E-state index is 0. The molecule has 0 aliphatic rings. The van der Waals surface area contributed by atoms with Gasteiger partial charge in [0.25, 0.3) is 0 Å². The topological polar surface area (TPSA) is 42.0 Å². The number of aryl methyl sites for hydroxylation is 1. The molecule has 1 N–H and O–H groups in total. The number of carbonyl (C=O) groups excluding carboxylic acids is 1. The quantitative estimate of drug-likeness (QED) is 0.522. The number of nitrogens with zero attached hydrogens (tertiary/aromatic N) is 1. The van der Waals surface area contributed by atoms with Crippen LogP contribution in [0.15, 0.2) is 18.3 Å². The second kappa shape index (κ2) is 7.79. The van der Waals surface area contributed by atoms with Crippen molar-refractivity contribution in [2.24, 2.45) is 0 Å². The Morgan fingerprint density at radius 1 is 1.62 bits per heavy atom. The zero-order chi connectivity index (χ0) is 8.81. The monoisotopic (exact) mass is 248 g/mol. The minimum atomic E-state index is 0. The summed E-state index contributed by atoms with van der Waals surface area (Å²) in [5.41, 5.74) is 1.19. The predicted octanol–water partition coefficient (Wildman–Crippen LogP) is -1.48. The summed E-state index contributed by atoms with van der Waals surface area (Å²) in [6.07, 6.45) is 5.38. The maximum absolute atomic E-state index is 9.97. The zero-order valence-electron chi connectivity index (χ0n) is 8.00. The number of aromatic nitrogens is 1. The molecule has 1 amide bonds. The largest absolute Gasteiger partial charge is 1.00 e. The molecule has 0 unspecified atom stereocenters. The van der Waals surface area contributed by atoms with Crippen LogP contribution in [0.4, 0.5) is 5.82 Å². The van der Waals surface area contributed by atoms with Crippen molar-refractivity contribution in [3.63, 3.8) is 0 Å². The Hall–Kier alpha value is 0.425. The van der Waals surface area contributed by atoms with Gasteiger partial charge < -0.3 is 15.1 Å². The van der Waals surface area contributed by atoms with Gasteiger partial charge in [-0.2, -0.15) is 0 Å². The molecule has 4 heteroatoms. The van der Waals surface area contributed by atoms with Crippen molar-refractivity contribution < 1.29 is 63.0 Å². The molecule has 0 fully saturated rings. The van der Waals surface area contributed by atoms with Crippen LogP contribution in [0.1, 0.15) is 18.9 Å². The third-order valence-corrected chi connectivity index (χ3v) is 1.54. The molecule has 0 spiro atoms. The van der Waals surface area contributed by atoms with Crippen LogP contribution in [0.2, 0.25) is 0 Å². The van der Waals surface area contributed by atoms with Gasteiger partial charge in [0, 0.05) is 6.20 Å². The number of pyridine rings is 1. The molecule has 0 aliphatic carbocycles. The van der Waals surface area contributed by atoms with Crippen LogP contribution < -0.4 is 63.5 Å². The Morgan fingerprint density at radius 3 is 3.00 bits per heavy atom. The number of nitrogens with one attached hydrogen (secondary N) is 1. The first kappa shape index (κ1) is 13.4. The van der Waals surface area contributed by atoms with E-state index in [9.17, 15) is 4.79 Å². The third-order valence-electron chi connectivity index (χ3n) is 1.54. The van der Waals surface area contributed by atoms with Crippen molar-refractivity contribution in [3.05, 3.63) is 23.9 Å². The summed E-state index contributed by atoms with van der Waals surface area (Å²) >= 11 is 0. The van der Waals surface area contributed by atoms with Crippen molar-refractivity contribution in [1.82, 2.24) is 4.98 Å². The fourth-order valence-electron chi connectivity index (χ4n) is 1.04. The van der Waals surface area contributed by atoms with Gasteiger partial charge in [-0.05, 0) is 18.3 Å². The van der Waals surface area contributed by atoms with Crippen LogP contribution in [-0.4, -0.2) is 11.4 Å². The van der Waals surface area contributed by atoms with Gasteiger partial charge in [0.15, 0.2) is 0 Å². The van der Waals surface area contributed by atoms with Gasteiger partial charge in [-0.3, -0.25) is 0 Å². The Balaban J connectivity index is 0.00000144. The van der Waals surface area contributed by atoms with Gasteiger partial charge in [0.2, 0.25) is 0 Å². The molecule has 1 rings (SSSR count). The van der Waals surface area contributed by atoms with Crippen LogP contribution in [0.3, 0.4) is 0 Å². The third kappa shape index (κ3) is 5.01. The maximum atomic E-state index is 9.97. The molecule has 13 heavy (non-hydrogen) atoms. The summed E-state index contributed by atoms with van der Waals surface area (Å²) in [5, 5.41) is 2.39. The average molecular weight is 249 g/mol. The van der Waals surface area contributed by atoms with E-state index in [1.807, 2.05) is 12.1 Å². The summed E-state index contributed by atoms with van der Waals surface area (Å²) in [6, 6.07) is 3.80. The zero-order valence-corrected chi connectivity index (χ0v) is 12.9. The second-order valence-corrected chi connectivity index (χ2v) is 2.53. The van der Waals surface area contributed by atoms with Gasteiger partial charge >= 0.3 is 58.2 Å². The first-order valence-electron chi connectivity index (χ1n) is 3.95. The van der Waals surface area contributed by atoms with Gasteiger partial charge in [-0.1, -0.05) is 18.9 Å². The van der Waals surface area contributed by atoms with Gasteiger partial charge in [0.05, 0.1) is 6.41 Å². The molecule has 1 heterocycles. The van der Waals surface area contributed by atoms with Crippen LogP contribution in [0.5, 0.6) is 0 Å². The van der Waals surface area contributed by atoms with Crippen molar-refractivity contribution in [2.75, 3.05) is 5.32 Å². The number of hydrogen-bond donors (Lipinski definition) is 1. The SMILES string of the molecule is CCCc1ccnc(N[C-]=O)c1.[Rb+]. The minimum Gasteiger partial charge on any atom is -0.475 e. The Labute approximate surface area is 127 Å². The van der Waals surface area contributed by atoms with E-state index in [4.69, 9.17) is 0 Å². The van der Waals surface area contributed by atoms with Crippen LogP contribution >= 0.6 is 0 Å². The molecule has 1 aromatic rings. The van der Waals surface area contributed by atoms with Crippen molar-refractivity contribution in [2.45, 2.75) is 19.8 Å². The Kier molecular flexibility index (Phi) is 8.05. The Bertz CT molecular complexity index is 266. The molecule has 64 valence electrons. The predicted molar refractivity (Wildman–Crippen MR) is 47.5 cm³/mol. The summed E-state index contributed by atoms with van der Waals surface area (Å²) in [5.74, 6) is 0.566. The van der Waals surface area contributed by atoms with Gasteiger partial charge in [-0.15, -0.1) is 6.07 Å². The van der Waals surface area contributed by atoms with E-state index >= 15 is 0 Å². The molecule has 0 bridgehead atoms. The van der Waals surface area contributed by atoms with Crippen molar-refractivity contribution >= 4 is 12.2 Å². The number of amides is 1. The average Bonchev–Trinajstić information content (AvgIpc) is 2.06. The van der Waals surface area contributed by atoms with Gasteiger partial charge in [-0.25, -0.2) is 0 Å². The first-order valence-corrected chi connectivity index (χ1v) is 3.95. The summed E-state index contributed by atoms with van der Waals surface area (Å²) in [4.78, 5) is 13.9. The molecular formula is C9H11N2ORb. The molecular weight excluding hydrogens is 238 g/mol. The normalized spacial score (nSPS) is 8.69. The van der Waals surface area contributed by atoms with E-state index in [0.29, 0.717) is 5.82 Å². The van der Waals surface area contributed by atoms with E-state index in [0.717, 1.165) is 12.8 Å². The molecule has 1 aromatic heterocycles. The Morgan fingerprint density at radius 2 is 2.38 bits per heavy atom. The molecule has 0 aliphatic heterocycles. The molecule has 0 atom stereocenters. The second-order valence-electron chi connectivity index (χ2n) is 2.53. The van der Waals surface area contributed by atoms with Crippen molar-refractivity contribution in [1.29, 1.82) is 0 Å². The number of rotatable bonds is 4. The van der Waals surface area contributed by atoms with E-state index in [2.05, 4.69) is 17.2 Å². The van der Waals surface area contributed by atoms with E-state index in [1.165, 1.54) is 5.56 Å². The fraction of sp³-hybridized carbons (Fsp3) is 0.333. The van der Waals surface area contributed by atoms with Gasteiger partial charge in [0.1, 0.15) is 0 Å². The van der Waals surface area contributed by atoms with Crippen LogP contribution in [0.25, 0.3) is 0 Å². The van der Waals surface area contributed by atoms with E-state index < -0.39 is 0 Å². The fourth-order valence-corrected chi connectivity index (χ4v) is 1.04. The number of anilines is 1. The molecule has 0 aromatic carbocycles. The number of hydrogen-bond acceptors (Lipinski definition) is 2. The molecule has 0 radical (unpaired) electrons. The molecule has 3 nitrogen and oxygen atoms in total. The van der Waals surface area contributed by atoms with E-state index in [1.54, 1.807) is 12.6 Å². The maximum Gasteiger partial charge on any atom is 1.00 e. The van der Waals surface area contributed by atoms with E-state index in [-0.39, 0.29) is 58.2 Å². The smallest absolute Gasteiger partial charge is 0.475 e. The summed E-state index contributed by atoms with van der Waals surface area (Å²) in [7, 11) is 0. The van der Waals surface area contributed by atoms with Crippen molar-refractivity contribution in [3.8, 4) is 0 Å². The molecule has 0 saturated heterocycles. The van der Waals surface area contributed by atoms with Crippen LogP contribution in [0, 0.1) is 0 Å². The summed E-state index contributed by atoms with van der Waals surface area (Å²) < 4.78 is 0. The first-order chi connectivity index (χ1) is 5.86.